The second-order valence-electron chi connectivity index (χ2n) is 10.3. The molecule has 0 heterocycles. The summed E-state index contributed by atoms with van der Waals surface area (Å²) in [5, 5.41) is 2.79. The van der Waals surface area contributed by atoms with Gasteiger partial charge in [0.2, 0.25) is 11.8 Å². The van der Waals surface area contributed by atoms with Gasteiger partial charge in [0.25, 0.3) is 10.0 Å². The number of carbonyl (C=O) groups is 2. The van der Waals surface area contributed by atoms with Crippen LogP contribution in [-0.2, 0) is 26.2 Å². The Balaban J connectivity index is 2.06. The summed E-state index contributed by atoms with van der Waals surface area (Å²) in [6.07, 6.45) is 0. The van der Waals surface area contributed by atoms with Crippen LogP contribution in [-0.4, -0.2) is 43.3 Å². The van der Waals surface area contributed by atoms with E-state index < -0.39 is 51.6 Å². The van der Waals surface area contributed by atoms with E-state index in [2.05, 4.69) is 5.32 Å². The number of nitrogens with one attached hydrogen (secondary N) is 1. The monoisotopic (exact) mass is 557 g/mol. The van der Waals surface area contributed by atoms with Crippen LogP contribution in [0.3, 0.4) is 0 Å². The predicted octanol–water partition coefficient (Wildman–Crippen LogP) is 4.80. The SMILES string of the molecule is Cc1ccc(S(=O)(=O)N(CC(=O)N(Cc2ccccc2F)[C@@H](C)C(=O)NC(C)(C)C)c2ccccc2F)cc1. The Hall–Kier alpha value is -3.79. The zero-order chi connectivity index (χ0) is 29.0. The van der Waals surface area contributed by atoms with Gasteiger partial charge in [0.15, 0.2) is 0 Å². The molecule has 39 heavy (non-hydrogen) atoms. The number of para-hydroxylation sites is 1. The van der Waals surface area contributed by atoms with Crippen LogP contribution in [0.2, 0.25) is 0 Å². The Morgan fingerprint density at radius 3 is 2.03 bits per heavy atom. The van der Waals surface area contributed by atoms with Crippen LogP contribution in [0.1, 0.15) is 38.8 Å². The van der Waals surface area contributed by atoms with E-state index in [1.165, 1.54) is 55.5 Å². The third-order valence-corrected chi connectivity index (χ3v) is 7.75. The van der Waals surface area contributed by atoms with Gasteiger partial charge in [-0.25, -0.2) is 17.2 Å². The standard InChI is InChI=1S/C29H33F2N3O4S/c1-20-14-16-23(17-15-20)39(37,38)34(26-13-9-8-12-25(26)31)19-27(35)33(18-22-10-6-7-11-24(22)30)21(2)28(36)32-29(3,4)5/h6-17,21H,18-19H2,1-5H3,(H,32,36)/t21-/m0/s1. The zero-order valence-corrected chi connectivity index (χ0v) is 23.4. The highest BCUT2D eigenvalue weighted by Crippen LogP contribution is 2.27. The number of amides is 2. The number of aryl methyl sites for hydroxylation is 1. The molecule has 0 aliphatic carbocycles. The van der Waals surface area contributed by atoms with Crippen molar-refractivity contribution in [3.8, 4) is 0 Å². The number of nitrogens with zero attached hydrogens (tertiary/aromatic N) is 2. The average Bonchev–Trinajstić information content (AvgIpc) is 2.86. The van der Waals surface area contributed by atoms with Gasteiger partial charge in [-0.2, -0.15) is 0 Å². The summed E-state index contributed by atoms with van der Waals surface area (Å²) in [5.74, 6) is -2.75. The minimum Gasteiger partial charge on any atom is -0.350 e. The highest BCUT2D eigenvalue weighted by molar-refractivity contribution is 7.92. The molecule has 10 heteroatoms. The molecule has 0 spiro atoms. The molecule has 2 amide bonds. The molecule has 0 saturated carbocycles. The van der Waals surface area contributed by atoms with Crippen LogP contribution in [0.15, 0.2) is 77.7 Å². The predicted molar refractivity (Wildman–Crippen MR) is 146 cm³/mol. The lowest BCUT2D eigenvalue weighted by atomic mass is 10.1. The molecule has 0 aliphatic rings. The van der Waals surface area contributed by atoms with Crippen molar-refractivity contribution >= 4 is 27.5 Å². The molecule has 0 unspecified atom stereocenters. The van der Waals surface area contributed by atoms with Gasteiger partial charge < -0.3 is 10.2 Å². The number of hydrogen-bond donors (Lipinski definition) is 1. The van der Waals surface area contributed by atoms with E-state index in [9.17, 15) is 26.8 Å². The average molecular weight is 558 g/mol. The Kier molecular flexibility index (Phi) is 9.11. The fraction of sp³-hybridized carbons (Fsp3) is 0.310. The van der Waals surface area contributed by atoms with Crippen LogP contribution in [0.4, 0.5) is 14.5 Å². The third-order valence-electron chi connectivity index (χ3n) is 5.97. The molecule has 1 atom stereocenters. The van der Waals surface area contributed by atoms with Crippen LogP contribution in [0.5, 0.6) is 0 Å². The van der Waals surface area contributed by atoms with Gasteiger partial charge in [0.05, 0.1) is 10.6 Å². The van der Waals surface area contributed by atoms with Gasteiger partial charge in [-0.3, -0.25) is 13.9 Å². The first-order valence-electron chi connectivity index (χ1n) is 12.4. The maximum absolute atomic E-state index is 14.9. The van der Waals surface area contributed by atoms with Crippen LogP contribution in [0.25, 0.3) is 0 Å². The lowest BCUT2D eigenvalue weighted by Gasteiger charge is -2.33. The van der Waals surface area contributed by atoms with E-state index in [0.717, 1.165) is 16.5 Å². The first kappa shape index (κ1) is 29.8. The highest BCUT2D eigenvalue weighted by Gasteiger charge is 2.34. The van der Waals surface area contributed by atoms with Crippen molar-refractivity contribution in [3.05, 3.63) is 95.6 Å². The molecule has 7 nitrogen and oxygen atoms in total. The molecule has 208 valence electrons. The highest BCUT2D eigenvalue weighted by atomic mass is 32.2. The fourth-order valence-electron chi connectivity index (χ4n) is 3.87. The van der Waals surface area contributed by atoms with Crippen LogP contribution < -0.4 is 9.62 Å². The molecule has 1 N–H and O–H groups in total. The minimum absolute atomic E-state index is 0.136. The molecule has 0 radical (unpaired) electrons. The Labute approximate surface area is 228 Å². The molecule has 0 aliphatic heterocycles. The molecule has 3 aromatic rings. The molecular formula is C29H33F2N3O4S. The van der Waals surface area contributed by atoms with Gasteiger partial charge in [-0.05, 0) is 65.0 Å². The van der Waals surface area contributed by atoms with Crippen molar-refractivity contribution in [2.45, 2.75) is 57.6 Å². The molecule has 3 rings (SSSR count). The van der Waals surface area contributed by atoms with Crippen molar-refractivity contribution in [2.24, 2.45) is 0 Å². The quantitative estimate of drug-likeness (QED) is 0.410. The van der Waals surface area contributed by atoms with Gasteiger partial charge in [0.1, 0.15) is 24.2 Å². The number of sulfonamides is 1. The topological polar surface area (TPSA) is 86.8 Å². The molecule has 0 aromatic heterocycles. The van der Waals surface area contributed by atoms with E-state index in [0.29, 0.717) is 4.31 Å². The van der Waals surface area contributed by atoms with Crippen molar-refractivity contribution in [3.63, 3.8) is 0 Å². The normalized spacial score (nSPS) is 12.5. The Bertz CT molecular complexity index is 1440. The maximum Gasteiger partial charge on any atom is 0.264 e. The molecule has 3 aromatic carbocycles. The summed E-state index contributed by atoms with van der Waals surface area (Å²) in [6, 6.07) is 15.8. The Morgan fingerprint density at radius 2 is 1.46 bits per heavy atom. The number of halogens is 2. The zero-order valence-electron chi connectivity index (χ0n) is 22.6. The summed E-state index contributed by atoms with van der Waals surface area (Å²) >= 11 is 0. The Morgan fingerprint density at radius 1 is 0.897 bits per heavy atom. The van der Waals surface area contributed by atoms with Gasteiger partial charge in [-0.1, -0.05) is 48.0 Å². The fourth-order valence-corrected chi connectivity index (χ4v) is 5.29. The summed E-state index contributed by atoms with van der Waals surface area (Å²) in [7, 11) is -4.41. The summed E-state index contributed by atoms with van der Waals surface area (Å²) < 4.78 is 57.6. The first-order chi connectivity index (χ1) is 18.2. The largest absolute Gasteiger partial charge is 0.350 e. The van der Waals surface area contributed by atoms with E-state index in [1.54, 1.807) is 45.9 Å². The van der Waals surface area contributed by atoms with Gasteiger partial charge >= 0.3 is 0 Å². The minimum atomic E-state index is -4.41. The maximum atomic E-state index is 14.9. The number of anilines is 1. The number of hydrogen-bond acceptors (Lipinski definition) is 4. The number of benzene rings is 3. The van der Waals surface area contributed by atoms with Crippen molar-refractivity contribution in [2.75, 3.05) is 10.8 Å². The van der Waals surface area contributed by atoms with E-state index >= 15 is 0 Å². The summed E-state index contributed by atoms with van der Waals surface area (Å²) in [6.45, 7) is 7.46. The van der Waals surface area contributed by atoms with Crippen molar-refractivity contribution in [1.82, 2.24) is 10.2 Å². The van der Waals surface area contributed by atoms with Crippen LogP contribution in [0, 0.1) is 18.6 Å². The second-order valence-corrected chi connectivity index (χ2v) is 12.2. The second kappa shape index (κ2) is 11.9. The van der Waals surface area contributed by atoms with Crippen LogP contribution >= 0.6 is 0 Å². The van der Waals surface area contributed by atoms with E-state index in [4.69, 9.17) is 0 Å². The first-order valence-corrected chi connectivity index (χ1v) is 13.8. The lowest BCUT2D eigenvalue weighted by molar-refractivity contribution is -0.140. The molecule has 0 fully saturated rings. The van der Waals surface area contributed by atoms with E-state index in [-0.39, 0.29) is 22.7 Å². The molecule has 0 saturated heterocycles. The third kappa shape index (κ3) is 7.41. The smallest absolute Gasteiger partial charge is 0.264 e. The lowest BCUT2D eigenvalue weighted by Crippen LogP contribution is -2.54. The molecular weight excluding hydrogens is 524 g/mol. The summed E-state index contributed by atoms with van der Waals surface area (Å²) in [4.78, 5) is 27.8. The van der Waals surface area contributed by atoms with Crippen molar-refractivity contribution in [1.29, 1.82) is 0 Å². The van der Waals surface area contributed by atoms with Gasteiger partial charge in [0, 0.05) is 17.6 Å². The van der Waals surface area contributed by atoms with Crippen molar-refractivity contribution < 1.29 is 26.8 Å². The number of rotatable bonds is 9. The summed E-state index contributed by atoms with van der Waals surface area (Å²) in [5.41, 5.74) is 0.00726. The molecule has 0 bridgehead atoms. The van der Waals surface area contributed by atoms with Gasteiger partial charge in [-0.15, -0.1) is 0 Å². The van der Waals surface area contributed by atoms with E-state index in [1.807, 2.05) is 0 Å². The number of carbonyl (C=O) groups excluding carboxylic acids is 2.